The van der Waals surface area contributed by atoms with E-state index < -0.39 is 0 Å². The summed E-state index contributed by atoms with van der Waals surface area (Å²) in [5, 5.41) is 2.53. The minimum atomic E-state index is -0.0102. The topological polar surface area (TPSA) is 31.4 Å². The molecule has 0 amide bonds. The van der Waals surface area contributed by atoms with Crippen LogP contribution in [0.3, 0.4) is 0 Å². The summed E-state index contributed by atoms with van der Waals surface area (Å²) in [6.45, 7) is 10.2. The molecule has 140 valence electrons. The number of hydrogen-bond acceptors (Lipinski definition) is 3. The second-order valence-electron chi connectivity index (χ2n) is 8.33. The van der Waals surface area contributed by atoms with E-state index in [1.807, 2.05) is 12.3 Å². The number of nitrogens with zero attached hydrogens (tertiary/aromatic N) is 1. The largest absolute Gasteiger partial charge is 0.486 e. The van der Waals surface area contributed by atoms with Gasteiger partial charge in [0.25, 0.3) is 0 Å². The zero-order valence-corrected chi connectivity index (χ0v) is 16.6. The lowest BCUT2D eigenvalue weighted by Gasteiger charge is -2.28. The van der Waals surface area contributed by atoms with E-state index in [9.17, 15) is 0 Å². The first-order chi connectivity index (χ1) is 12.9. The predicted octanol–water partition coefficient (Wildman–Crippen LogP) is 5.65. The van der Waals surface area contributed by atoms with Crippen LogP contribution in [0.15, 0.2) is 48.7 Å². The molecule has 4 rings (SSSR count). The molecule has 3 heteroatoms. The Bertz CT molecular complexity index is 975. The normalized spacial score (nSPS) is 14.0. The molecule has 0 radical (unpaired) electrons. The number of fused-ring (bicyclic) bond motifs is 2. The van der Waals surface area contributed by atoms with Crippen LogP contribution in [0.1, 0.15) is 50.4 Å². The van der Waals surface area contributed by atoms with Gasteiger partial charge in [0, 0.05) is 11.6 Å². The third-order valence-electron chi connectivity index (χ3n) is 5.38. The summed E-state index contributed by atoms with van der Waals surface area (Å²) in [6.07, 6.45) is 2.87. The smallest absolute Gasteiger partial charge is 0.161 e. The Morgan fingerprint density at radius 3 is 2.52 bits per heavy atom. The first-order valence-electron chi connectivity index (χ1n) is 9.72. The van der Waals surface area contributed by atoms with Crippen LogP contribution in [-0.4, -0.2) is 18.2 Å². The number of aromatic nitrogens is 1. The van der Waals surface area contributed by atoms with Crippen LogP contribution in [0.2, 0.25) is 0 Å². The molecule has 0 fully saturated rings. The van der Waals surface area contributed by atoms with Crippen LogP contribution in [0.4, 0.5) is 0 Å². The van der Waals surface area contributed by atoms with Crippen molar-refractivity contribution in [2.45, 2.75) is 45.4 Å². The van der Waals surface area contributed by atoms with E-state index in [4.69, 9.17) is 9.47 Å². The van der Waals surface area contributed by atoms with Crippen molar-refractivity contribution in [1.82, 2.24) is 4.98 Å². The number of benzene rings is 2. The Morgan fingerprint density at radius 2 is 1.74 bits per heavy atom. The zero-order valence-electron chi connectivity index (χ0n) is 16.6. The molecule has 3 aromatic rings. The lowest BCUT2D eigenvalue weighted by Crippen LogP contribution is -2.22. The molecule has 1 aliphatic rings. The summed E-state index contributed by atoms with van der Waals surface area (Å²) < 4.78 is 11.4. The van der Waals surface area contributed by atoms with E-state index in [1.165, 1.54) is 27.6 Å². The van der Waals surface area contributed by atoms with Gasteiger partial charge >= 0.3 is 0 Å². The molecule has 1 aliphatic heterocycles. The highest BCUT2D eigenvalue weighted by Crippen LogP contribution is 2.37. The monoisotopic (exact) mass is 361 g/mol. The molecule has 0 saturated carbocycles. The van der Waals surface area contributed by atoms with Gasteiger partial charge in [0.15, 0.2) is 11.5 Å². The van der Waals surface area contributed by atoms with Crippen molar-refractivity contribution in [2.75, 3.05) is 13.2 Å². The predicted molar refractivity (Wildman–Crippen MR) is 110 cm³/mol. The molecule has 0 unspecified atom stereocenters. The molecule has 0 saturated heterocycles. The van der Waals surface area contributed by atoms with E-state index >= 15 is 0 Å². The van der Waals surface area contributed by atoms with Crippen molar-refractivity contribution in [3.8, 4) is 11.5 Å². The Hall–Kier alpha value is -2.55. The summed E-state index contributed by atoms with van der Waals surface area (Å²) in [4.78, 5) is 4.62. The van der Waals surface area contributed by atoms with Gasteiger partial charge < -0.3 is 9.47 Å². The van der Waals surface area contributed by atoms with Crippen LogP contribution in [-0.2, 0) is 11.8 Å². The average molecular weight is 361 g/mol. The first kappa shape index (κ1) is 17.8. The Labute approximate surface area is 161 Å². The summed E-state index contributed by atoms with van der Waals surface area (Å²) in [6, 6.07) is 15.2. The van der Waals surface area contributed by atoms with Gasteiger partial charge in [0.2, 0.25) is 0 Å². The molecular formula is C24H27NO2. The summed E-state index contributed by atoms with van der Waals surface area (Å²) in [5.41, 5.74) is 3.76. The Kier molecular flexibility index (Phi) is 4.55. The minimum absolute atomic E-state index is 0.0102. The summed E-state index contributed by atoms with van der Waals surface area (Å²) in [5.74, 6) is 2.12. The zero-order chi connectivity index (χ0) is 19.0. The van der Waals surface area contributed by atoms with Gasteiger partial charge in [-0.15, -0.1) is 0 Å². The fourth-order valence-corrected chi connectivity index (χ4v) is 3.88. The maximum atomic E-state index is 5.78. The van der Waals surface area contributed by atoms with E-state index in [-0.39, 0.29) is 5.41 Å². The molecule has 27 heavy (non-hydrogen) atoms. The Morgan fingerprint density at radius 1 is 0.963 bits per heavy atom. The summed E-state index contributed by atoms with van der Waals surface area (Å²) >= 11 is 0. The first-order valence-corrected chi connectivity index (χ1v) is 9.72. The quantitative estimate of drug-likeness (QED) is 0.602. The number of hydrogen-bond donors (Lipinski definition) is 0. The van der Waals surface area contributed by atoms with Gasteiger partial charge in [-0.3, -0.25) is 4.98 Å². The SMILES string of the molecule is CC(C)c1nccc2ccc(CC(C)(C)c3ccc4c(c3)OCCO4)cc12. The molecule has 3 nitrogen and oxygen atoms in total. The van der Waals surface area contributed by atoms with Gasteiger partial charge in [0.1, 0.15) is 13.2 Å². The molecule has 0 spiro atoms. The van der Waals surface area contributed by atoms with Gasteiger partial charge in [-0.05, 0) is 58.5 Å². The summed E-state index contributed by atoms with van der Waals surface area (Å²) in [7, 11) is 0. The van der Waals surface area contributed by atoms with E-state index in [2.05, 4.69) is 69.1 Å². The molecule has 0 N–H and O–H groups in total. The van der Waals surface area contributed by atoms with Crippen LogP contribution in [0.25, 0.3) is 10.8 Å². The highest BCUT2D eigenvalue weighted by atomic mass is 16.6. The van der Waals surface area contributed by atoms with Gasteiger partial charge in [-0.1, -0.05) is 45.9 Å². The highest BCUT2D eigenvalue weighted by Gasteiger charge is 2.24. The van der Waals surface area contributed by atoms with Crippen LogP contribution in [0.5, 0.6) is 11.5 Å². The highest BCUT2D eigenvalue weighted by molar-refractivity contribution is 5.85. The maximum absolute atomic E-state index is 5.78. The third kappa shape index (κ3) is 3.51. The van der Waals surface area contributed by atoms with Crippen molar-refractivity contribution in [2.24, 2.45) is 0 Å². The Balaban J connectivity index is 1.67. The minimum Gasteiger partial charge on any atom is -0.486 e. The van der Waals surface area contributed by atoms with Crippen molar-refractivity contribution < 1.29 is 9.47 Å². The van der Waals surface area contributed by atoms with Gasteiger partial charge in [-0.25, -0.2) is 0 Å². The molecule has 0 atom stereocenters. The molecule has 0 bridgehead atoms. The van der Waals surface area contributed by atoms with Crippen molar-refractivity contribution in [3.05, 3.63) is 65.5 Å². The number of rotatable bonds is 4. The standard InChI is InChI=1S/C24H27NO2/c1-16(2)23-20-13-17(5-6-18(20)9-10-25-23)15-24(3,4)19-7-8-21-22(14-19)27-12-11-26-21/h5-10,13-14,16H,11-12,15H2,1-4H3. The van der Waals surface area contributed by atoms with Crippen molar-refractivity contribution in [1.29, 1.82) is 0 Å². The fraction of sp³-hybridized carbons (Fsp3) is 0.375. The fourth-order valence-electron chi connectivity index (χ4n) is 3.88. The van der Waals surface area contributed by atoms with Crippen LogP contribution < -0.4 is 9.47 Å². The molecule has 2 heterocycles. The lowest BCUT2D eigenvalue weighted by molar-refractivity contribution is 0.171. The van der Waals surface area contributed by atoms with Crippen molar-refractivity contribution in [3.63, 3.8) is 0 Å². The second kappa shape index (κ2) is 6.88. The average Bonchev–Trinajstić information content (AvgIpc) is 2.66. The van der Waals surface area contributed by atoms with Crippen LogP contribution in [0, 0.1) is 0 Å². The third-order valence-corrected chi connectivity index (χ3v) is 5.38. The van der Waals surface area contributed by atoms with Crippen molar-refractivity contribution >= 4 is 10.8 Å². The van der Waals surface area contributed by atoms with Crippen LogP contribution >= 0.6 is 0 Å². The van der Waals surface area contributed by atoms with E-state index in [0.717, 1.165) is 17.9 Å². The molecular weight excluding hydrogens is 334 g/mol. The van der Waals surface area contributed by atoms with Gasteiger partial charge in [0.05, 0.1) is 5.69 Å². The molecule has 1 aromatic heterocycles. The van der Waals surface area contributed by atoms with E-state index in [0.29, 0.717) is 19.1 Å². The van der Waals surface area contributed by atoms with Gasteiger partial charge in [-0.2, -0.15) is 0 Å². The van der Waals surface area contributed by atoms with E-state index in [1.54, 1.807) is 0 Å². The number of ether oxygens (including phenoxy) is 2. The molecule has 2 aromatic carbocycles. The second-order valence-corrected chi connectivity index (χ2v) is 8.33. The lowest BCUT2D eigenvalue weighted by atomic mass is 9.78. The number of pyridine rings is 1. The molecule has 0 aliphatic carbocycles. The maximum Gasteiger partial charge on any atom is 0.161 e.